The Bertz CT molecular complexity index is 556. The molecular formula is C18H26Cl2N2O2. The maximum Gasteiger partial charge on any atom is 0.243 e. The highest BCUT2D eigenvalue weighted by Gasteiger charge is 2.29. The van der Waals surface area contributed by atoms with Gasteiger partial charge in [0.15, 0.2) is 0 Å². The molecule has 0 saturated heterocycles. The summed E-state index contributed by atoms with van der Waals surface area (Å²) in [4.78, 5) is 26.7. The number of hydrogen-bond acceptors (Lipinski definition) is 2. The van der Waals surface area contributed by atoms with Gasteiger partial charge >= 0.3 is 0 Å². The number of amides is 2. The molecule has 0 unspecified atom stereocenters. The molecule has 1 aromatic rings. The minimum absolute atomic E-state index is 0.0126. The van der Waals surface area contributed by atoms with Crippen LogP contribution < -0.4 is 5.32 Å². The maximum absolute atomic E-state index is 12.6. The molecule has 1 aromatic carbocycles. The van der Waals surface area contributed by atoms with Gasteiger partial charge in [-0.15, -0.1) is 0 Å². The predicted octanol–water partition coefficient (Wildman–Crippen LogP) is 4.43. The largest absolute Gasteiger partial charge is 0.352 e. The van der Waals surface area contributed by atoms with Crippen molar-refractivity contribution in [2.24, 2.45) is 0 Å². The molecule has 6 heteroatoms. The third-order valence-corrected chi connectivity index (χ3v) is 4.38. The van der Waals surface area contributed by atoms with Crippen LogP contribution in [0.1, 0.15) is 52.5 Å². The molecule has 4 nitrogen and oxygen atoms in total. The van der Waals surface area contributed by atoms with Crippen molar-refractivity contribution in [1.29, 1.82) is 0 Å². The van der Waals surface area contributed by atoms with Gasteiger partial charge in [0.2, 0.25) is 11.8 Å². The van der Waals surface area contributed by atoms with Gasteiger partial charge in [0.1, 0.15) is 6.04 Å². The first-order valence-corrected chi connectivity index (χ1v) is 9.10. The van der Waals surface area contributed by atoms with Crippen LogP contribution in [0.5, 0.6) is 0 Å². The summed E-state index contributed by atoms with van der Waals surface area (Å²) in [5.74, 6) is -0.223. The number of carbonyl (C=O) groups excluding carboxylic acids is 2. The summed E-state index contributed by atoms with van der Waals surface area (Å²) >= 11 is 12.5. The summed E-state index contributed by atoms with van der Waals surface area (Å²) < 4.78 is 0. The van der Waals surface area contributed by atoms with Crippen molar-refractivity contribution in [3.63, 3.8) is 0 Å². The van der Waals surface area contributed by atoms with Crippen molar-refractivity contribution in [3.05, 3.63) is 33.8 Å². The van der Waals surface area contributed by atoms with E-state index in [1.165, 1.54) is 0 Å². The first-order valence-electron chi connectivity index (χ1n) is 8.34. The second-order valence-corrected chi connectivity index (χ2v) is 6.87. The van der Waals surface area contributed by atoms with Gasteiger partial charge in [-0.25, -0.2) is 0 Å². The lowest BCUT2D eigenvalue weighted by atomic mass is 10.1. The van der Waals surface area contributed by atoms with E-state index in [0.29, 0.717) is 34.9 Å². The Morgan fingerprint density at radius 1 is 1.17 bits per heavy atom. The van der Waals surface area contributed by atoms with Crippen LogP contribution in [-0.4, -0.2) is 28.8 Å². The van der Waals surface area contributed by atoms with Crippen molar-refractivity contribution < 1.29 is 9.59 Å². The fraction of sp³-hybridized carbons (Fsp3) is 0.556. The van der Waals surface area contributed by atoms with Crippen molar-refractivity contribution in [3.8, 4) is 0 Å². The molecule has 134 valence electrons. The Labute approximate surface area is 154 Å². The summed E-state index contributed by atoms with van der Waals surface area (Å²) in [5.41, 5.74) is 0.668. The quantitative estimate of drug-likeness (QED) is 0.733. The first kappa shape index (κ1) is 20.8. The van der Waals surface area contributed by atoms with E-state index in [0.717, 1.165) is 0 Å². The Kier molecular flexibility index (Phi) is 8.57. The van der Waals surface area contributed by atoms with E-state index >= 15 is 0 Å². The van der Waals surface area contributed by atoms with Crippen molar-refractivity contribution >= 4 is 35.0 Å². The molecule has 1 atom stereocenters. The Hall–Kier alpha value is -1.26. The van der Waals surface area contributed by atoms with Gasteiger partial charge in [0, 0.05) is 34.6 Å². The van der Waals surface area contributed by atoms with E-state index in [2.05, 4.69) is 5.32 Å². The molecule has 0 spiro atoms. The molecule has 1 rings (SSSR count). The van der Waals surface area contributed by atoms with Crippen LogP contribution in [0.4, 0.5) is 0 Å². The highest BCUT2D eigenvalue weighted by molar-refractivity contribution is 6.36. The summed E-state index contributed by atoms with van der Waals surface area (Å²) in [6.07, 6.45) is 1.62. The van der Waals surface area contributed by atoms with Crippen molar-refractivity contribution in [1.82, 2.24) is 10.2 Å². The lowest BCUT2D eigenvalue weighted by Crippen LogP contribution is -2.50. The normalized spacial score (nSPS) is 12.1. The van der Waals surface area contributed by atoms with Crippen LogP contribution in [0.15, 0.2) is 18.2 Å². The van der Waals surface area contributed by atoms with Crippen LogP contribution in [-0.2, 0) is 16.1 Å². The minimum Gasteiger partial charge on any atom is -0.352 e. The first-order chi connectivity index (χ1) is 11.3. The minimum atomic E-state index is -0.543. The topological polar surface area (TPSA) is 49.4 Å². The fourth-order valence-electron chi connectivity index (χ4n) is 2.51. The SMILES string of the molecule is CCCC(=O)N(Cc1c(Cl)cccc1Cl)[C@@H](CC)C(=O)NC(C)C. The zero-order valence-electron chi connectivity index (χ0n) is 14.7. The van der Waals surface area contributed by atoms with Crippen LogP contribution in [0.2, 0.25) is 10.0 Å². The van der Waals surface area contributed by atoms with Crippen LogP contribution in [0.25, 0.3) is 0 Å². The van der Waals surface area contributed by atoms with Gasteiger partial charge in [0.25, 0.3) is 0 Å². The zero-order valence-corrected chi connectivity index (χ0v) is 16.2. The average molecular weight is 373 g/mol. The van der Waals surface area contributed by atoms with E-state index in [1.807, 2.05) is 27.7 Å². The van der Waals surface area contributed by atoms with E-state index in [9.17, 15) is 9.59 Å². The number of nitrogens with one attached hydrogen (secondary N) is 1. The van der Waals surface area contributed by atoms with E-state index in [-0.39, 0.29) is 24.4 Å². The smallest absolute Gasteiger partial charge is 0.243 e. The van der Waals surface area contributed by atoms with Gasteiger partial charge in [0.05, 0.1) is 0 Å². The highest BCUT2D eigenvalue weighted by Crippen LogP contribution is 2.27. The molecule has 24 heavy (non-hydrogen) atoms. The average Bonchev–Trinajstić information content (AvgIpc) is 2.49. The number of benzene rings is 1. The molecule has 1 N–H and O–H groups in total. The molecule has 0 saturated carbocycles. The second kappa shape index (κ2) is 9.90. The lowest BCUT2D eigenvalue weighted by Gasteiger charge is -2.31. The molecule has 0 aliphatic rings. The molecule has 0 fully saturated rings. The fourth-order valence-corrected chi connectivity index (χ4v) is 3.03. The number of hydrogen-bond donors (Lipinski definition) is 1. The Balaban J connectivity index is 3.15. The summed E-state index contributed by atoms with van der Waals surface area (Å²) in [5, 5.41) is 3.88. The summed E-state index contributed by atoms with van der Waals surface area (Å²) in [7, 11) is 0. The van der Waals surface area contributed by atoms with Gasteiger partial charge in [-0.3, -0.25) is 9.59 Å². The van der Waals surface area contributed by atoms with Gasteiger partial charge in [-0.05, 0) is 38.8 Å². The molecule has 0 aliphatic carbocycles. The molecule has 0 aliphatic heterocycles. The second-order valence-electron chi connectivity index (χ2n) is 6.06. The Morgan fingerprint density at radius 3 is 2.21 bits per heavy atom. The maximum atomic E-state index is 12.6. The summed E-state index contributed by atoms with van der Waals surface area (Å²) in [6.45, 7) is 7.85. The van der Waals surface area contributed by atoms with Gasteiger partial charge in [-0.1, -0.05) is 43.1 Å². The monoisotopic (exact) mass is 372 g/mol. The highest BCUT2D eigenvalue weighted by atomic mass is 35.5. The predicted molar refractivity (Wildman–Crippen MR) is 99.3 cm³/mol. The van der Waals surface area contributed by atoms with E-state index < -0.39 is 6.04 Å². The van der Waals surface area contributed by atoms with Crippen LogP contribution in [0.3, 0.4) is 0 Å². The number of nitrogens with zero attached hydrogens (tertiary/aromatic N) is 1. The molecular weight excluding hydrogens is 347 g/mol. The zero-order chi connectivity index (χ0) is 18.3. The molecule has 0 heterocycles. The van der Waals surface area contributed by atoms with Crippen molar-refractivity contribution in [2.45, 2.75) is 65.6 Å². The third-order valence-electron chi connectivity index (χ3n) is 3.67. The lowest BCUT2D eigenvalue weighted by molar-refractivity contribution is -0.141. The third kappa shape index (κ3) is 5.67. The van der Waals surface area contributed by atoms with Crippen molar-refractivity contribution in [2.75, 3.05) is 0 Å². The summed E-state index contributed by atoms with van der Waals surface area (Å²) in [6, 6.07) is 4.70. The molecule has 2 amide bonds. The van der Waals surface area contributed by atoms with Gasteiger partial charge < -0.3 is 10.2 Å². The van der Waals surface area contributed by atoms with Crippen LogP contribution in [0, 0.1) is 0 Å². The van der Waals surface area contributed by atoms with Crippen LogP contribution >= 0.6 is 23.2 Å². The number of rotatable bonds is 8. The number of carbonyl (C=O) groups is 2. The van der Waals surface area contributed by atoms with Gasteiger partial charge in [-0.2, -0.15) is 0 Å². The number of halogens is 2. The Morgan fingerprint density at radius 2 is 1.75 bits per heavy atom. The van der Waals surface area contributed by atoms with E-state index in [1.54, 1.807) is 23.1 Å². The molecule has 0 aromatic heterocycles. The standard InChI is InChI=1S/C18H26Cl2N2O2/c1-5-8-17(23)22(16(6-2)18(24)21-12(3)4)11-13-14(19)9-7-10-15(13)20/h7,9-10,12,16H,5-6,8,11H2,1-4H3,(H,21,24)/t16-/m0/s1. The molecule has 0 radical (unpaired) electrons. The van der Waals surface area contributed by atoms with E-state index in [4.69, 9.17) is 23.2 Å². The molecule has 0 bridgehead atoms.